The largest absolute Gasteiger partial charge is 0.374 e. The van der Waals surface area contributed by atoms with Crippen LogP contribution in [-0.4, -0.2) is 42.0 Å². The lowest BCUT2D eigenvalue weighted by atomic mass is 10.2. The molecule has 0 aromatic carbocycles. The monoisotopic (exact) mass is 340 g/mol. The molecular weight excluding hydrogens is 324 g/mol. The molecule has 1 aromatic rings. The second-order valence-electron chi connectivity index (χ2n) is 5.10. The maximum atomic E-state index is 4.72. The van der Waals surface area contributed by atoms with Gasteiger partial charge in [0, 0.05) is 47.8 Å². The SMILES string of the molecule is CN1C=C(Br)C=C(Nc2nc3c(s2)CN(C)CC3)C1. The average molecular weight is 341 g/mol. The van der Waals surface area contributed by atoms with E-state index in [1.165, 1.54) is 16.3 Å². The van der Waals surface area contributed by atoms with Crippen molar-refractivity contribution in [3.05, 3.63) is 33.0 Å². The second-order valence-corrected chi connectivity index (χ2v) is 7.10. The number of hydrogen-bond acceptors (Lipinski definition) is 5. The molecule has 0 spiro atoms. The number of nitrogens with one attached hydrogen (secondary N) is 1. The molecule has 0 fully saturated rings. The van der Waals surface area contributed by atoms with Gasteiger partial charge in [0.1, 0.15) is 0 Å². The Labute approximate surface area is 125 Å². The molecule has 0 radical (unpaired) electrons. The van der Waals surface area contributed by atoms with Gasteiger partial charge in [0.25, 0.3) is 0 Å². The Morgan fingerprint density at radius 2 is 2.21 bits per heavy atom. The number of fused-ring (bicyclic) bond motifs is 1. The molecule has 0 unspecified atom stereocenters. The Balaban J connectivity index is 1.76. The highest BCUT2D eigenvalue weighted by Gasteiger charge is 2.19. The van der Waals surface area contributed by atoms with Gasteiger partial charge in [0.15, 0.2) is 5.13 Å². The van der Waals surface area contributed by atoms with Crippen LogP contribution in [0.3, 0.4) is 0 Å². The van der Waals surface area contributed by atoms with E-state index in [0.717, 1.165) is 35.7 Å². The van der Waals surface area contributed by atoms with Crippen molar-refractivity contribution in [3.63, 3.8) is 0 Å². The Hall–Kier alpha value is -0.850. The molecule has 2 aliphatic rings. The minimum atomic E-state index is 0.888. The van der Waals surface area contributed by atoms with E-state index in [2.05, 4.69) is 57.4 Å². The zero-order valence-electron chi connectivity index (χ0n) is 11.1. The van der Waals surface area contributed by atoms with Crippen molar-refractivity contribution in [1.29, 1.82) is 0 Å². The number of likely N-dealkylation sites (N-methyl/N-ethyl adjacent to an activating group) is 2. The van der Waals surface area contributed by atoms with Crippen LogP contribution in [0.1, 0.15) is 10.6 Å². The predicted octanol–water partition coefficient (Wildman–Crippen LogP) is 2.61. The van der Waals surface area contributed by atoms with Crippen LogP contribution in [0.25, 0.3) is 0 Å². The maximum Gasteiger partial charge on any atom is 0.187 e. The quantitative estimate of drug-likeness (QED) is 0.896. The highest BCUT2D eigenvalue weighted by molar-refractivity contribution is 9.11. The first kappa shape index (κ1) is 13.1. The van der Waals surface area contributed by atoms with Crippen LogP contribution in [0, 0.1) is 0 Å². The predicted molar refractivity (Wildman–Crippen MR) is 83.5 cm³/mol. The molecule has 6 heteroatoms. The fourth-order valence-electron chi connectivity index (χ4n) is 2.36. The smallest absolute Gasteiger partial charge is 0.187 e. The molecule has 19 heavy (non-hydrogen) atoms. The lowest BCUT2D eigenvalue weighted by molar-refractivity contribution is 0.314. The number of anilines is 1. The van der Waals surface area contributed by atoms with Crippen LogP contribution in [0.2, 0.25) is 0 Å². The van der Waals surface area contributed by atoms with E-state index in [1.807, 2.05) is 0 Å². The molecule has 1 N–H and O–H groups in total. The lowest BCUT2D eigenvalue weighted by Gasteiger charge is -2.21. The molecule has 0 amide bonds. The molecule has 2 aliphatic heterocycles. The molecular formula is C13H17BrN4S. The van der Waals surface area contributed by atoms with Crippen molar-refractivity contribution in [2.75, 3.05) is 32.5 Å². The lowest BCUT2D eigenvalue weighted by Crippen LogP contribution is -2.25. The first-order chi connectivity index (χ1) is 9.10. The highest BCUT2D eigenvalue weighted by Crippen LogP contribution is 2.29. The van der Waals surface area contributed by atoms with E-state index in [0.29, 0.717) is 0 Å². The minimum absolute atomic E-state index is 0.888. The number of allylic oxidation sites excluding steroid dienone is 2. The molecule has 1 aromatic heterocycles. The summed E-state index contributed by atoms with van der Waals surface area (Å²) in [5.74, 6) is 0. The van der Waals surface area contributed by atoms with Crippen molar-refractivity contribution >= 4 is 32.4 Å². The van der Waals surface area contributed by atoms with Gasteiger partial charge in [0.2, 0.25) is 0 Å². The molecule has 0 saturated carbocycles. The fraction of sp³-hybridized carbons (Fsp3) is 0.462. The van der Waals surface area contributed by atoms with Gasteiger partial charge in [-0.3, -0.25) is 0 Å². The third kappa shape index (κ3) is 3.01. The molecule has 0 bridgehead atoms. The van der Waals surface area contributed by atoms with E-state index < -0.39 is 0 Å². The third-order valence-corrected chi connectivity index (χ3v) is 4.70. The molecule has 0 saturated heterocycles. The van der Waals surface area contributed by atoms with Gasteiger partial charge in [-0.2, -0.15) is 0 Å². The Morgan fingerprint density at radius 3 is 3.00 bits per heavy atom. The number of thiazole rings is 1. The van der Waals surface area contributed by atoms with Crippen molar-refractivity contribution in [2.45, 2.75) is 13.0 Å². The molecule has 3 heterocycles. The van der Waals surface area contributed by atoms with Gasteiger partial charge in [-0.15, -0.1) is 11.3 Å². The van der Waals surface area contributed by atoms with Gasteiger partial charge in [-0.1, -0.05) is 0 Å². The van der Waals surface area contributed by atoms with Crippen LogP contribution >= 0.6 is 27.3 Å². The number of nitrogens with zero attached hydrogens (tertiary/aromatic N) is 3. The van der Waals surface area contributed by atoms with Crippen LogP contribution in [0.5, 0.6) is 0 Å². The van der Waals surface area contributed by atoms with Crippen LogP contribution in [0.4, 0.5) is 5.13 Å². The summed E-state index contributed by atoms with van der Waals surface area (Å²) >= 11 is 5.30. The summed E-state index contributed by atoms with van der Waals surface area (Å²) in [6.07, 6.45) is 5.26. The Kier molecular flexibility index (Phi) is 3.64. The minimum Gasteiger partial charge on any atom is -0.374 e. The average Bonchev–Trinajstić information content (AvgIpc) is 2.68. The van der Waals surface area contributed by atoms with E-state index in [1.54, 1.807) is 11.3 Å². The van der Waals surface area contributed by atoms with E-state index >= 15 is 0 Å². The summed E-state index contributed by atoms with van der Waals surface area (Å²) in [6.45, 7) is 3.02. The first-order valence-electron chi connectivity index (χ1n) is 6.32. The van der Waals surface area contributed by atoms with Gasteiger partial charge in [-0.05, 0) is 29.1 Å². The van der Waals surface area contributed by atoms with Gasteiger partial charge >= 0.3 is 0 Å². The van der Waals surface area contributed by atoms with Crippen molar-refractivity contribution < 1.29 is 0 Å². The van der Waals surface area contributed by atoms with E-state index in [4.69, 9.17) is 4.98 Å². The van der Waals surface area contributed by atoms with E-state index in [9.17, 15) is 0 Å². The third-order valence-electron chi connectivity index (χ3n) is 3.27. The van der Waals surface area contributed by atoms with E-state index in [-0.39, 0.29) is 0 Å². The number of aromatic nitrogens is 1. The Morgan fingerprint density at radius 1 is 1.37 bits per heavy atom. The zero-order chi connectivity index (χ0) is 13.4. The van der Waals surface area contributed by atoms with Crippen molar-refractivity contribution in [2.24, 2.45) is 0 Å². The summed E-state index contributed by atoms with van der Waals surface area (Å²) in [5, 5.41) is 4.47. The zero-order valence-corrected chi connectivity index (χ0v) is 13.5. The molecule has 0 aliphatic carbocycles. The fourth-order valence-corrected chi connectivity index (χ4v) is 4.11. The van der Waals surface area contributed by atoms with Crippen LogP contribution in [-0.2, 0) is 13.0 Å². The molecule has 4 nitrogen and oxygen atoms in total. The number of halogens is 1. The summed E-state index contributed by atoms with van der Waals surface area (Å²) in [7, 11) is 4.23. The van der Waals surface area contributed by atoms with Gasteiger partial charge < -0.3 is 15.1 Å². The van der Waals surface area contributed by atoms with Gasteiger partial charge in [0.05, 0.1) is 12.2 Å². The molecule has 3 rings (SSSR count). The number of rotatable bonds is 2. The standard InChI is InChI=1S/C13H17BrN4S/c1-17-4-3-11-12(8-17)19-13(16-11)15-10-5-9(14)6-18(2)7-10/h5-6H,3-4,7-8H2,1-2H3,(H,15,16). The number of hydrogen-bond donors (Lipinski definition) is 1. The first-order valence-corrected chi connectivity index (χ1v) is 7.93. The topological polar surface area (TPSA) is 31.4 Å². The van der Waals surface area contributed by atoms with Crippen LogP contribution in [0.15, 0.2) is 22.5 Å². The van der Waals surface area contributed by atoms with Crippen molar-refractivity contribution in [3.8, 4) is 0 Å². The van der Waals surface area contributed by atoms with Gasteiger partial charge in [-0.25, -0.2) is 4.98 Å². The normalized spacial score (nSPS) is 19.8. The summed E-state index contributed by atoms with van der Waals surface area (Å²) in [6, 6.07) is 0. The highest BCUT2D eigenvalue weighted by atomic mass is 79.9. The molecule has 0 atom stereocenters. The second kappa shape index (κ2) is 5.26. The molecule has 102 valence electrons. The van der Waals surface area contributed by atoms with Crippen LogP contribution < -0.4 is 5.32 Å². The van der Waals surface area contributed by atoms with Crippen molar-refractivity contribution in [1.82, 2.24) is 14.8 Å². The summed E-state index contributed by atoms with van der Waals surface area (Å²) in [4.78, 5) is 10.6. The summed E-state index contributed by atoms with van der Waals surface area (Å²) in [5.41, 5.74) is 2.45. The Bertz CT molecular complexity index is 549. The maximum absolute atomic E-state index is 4.72. The summed E-state index contributed by atoms with van der Waals surface area (Å²) < 4.78 is 1.09.